The van der Waals surface area contributed by atoms with Gasteiger partial charge in [0.25, 0.3) is 11.8 Å². The number of aryl methyl sites for hydroxylation is 2. The number of hydrogen-bond donors (Lipinski definition) is 1. The fourth-order valence-corrected chi connectivity index (χ4v) is 2.80. The maximum Gasteiger partial charge on any atom is 0.281 e. The van der Waals surface area contributed by atoms with Crippen molar-refractivity contribution in [1.29, 1.82) is 0 Å². The van der Waals surface area contributed by atoms with Crippen molar-refractivity contribution < 1.29 is 9.59 Å². The summed E-state index contributed by atoms with van der Waals surface area (Å²) in [5.41, 5.74) is 5.94. The Bertz CT molecular complexity index is 881. The SMILES string of the molecule is Cc1cccc(NC2=CC(=O)N(c3cccc(C)c3C)C2=O)c1C. The number of nitrogens with zero attached hydrogens (tertiary/aromatic N) is 1. The van der Waals surface area contributed by atoms with Gasteiger partial charge in [0.05, 0.1) is 5.69 Å². The van der Waals surface area contributed by atoms with Gasteiger partial charge in [-0.2, -0.15) is 0 Å². The molecule has 0 fully saturated rings. The van der Waals surface area contributed by atoms with Crippen molar-refractivity contribution in [3.63, 3.8) is 0 Å². The lowest BCUT2D eigenvalue weighted by molar-refractivity contribution is -0.120. The van der Waals surface area contributed by atoms with Gasteiger partial charge < -0.3 is 5.32 Å². The zero-order valence-electron chi connectivity index (χ0n) is 14.3. The molecule has 2 amide bonds. The molecule has 1 aliphatic rings. The highest BCUT2D eigenvalue weighted by atomic mass is 16.2. The summed E-state index contributed by atoms with van der Waals surface area (Å²) in [6.07, 6.45) is 1.37. The number of hydrogen-bond acceptors (Lipinski definition) is 3. The molecule has 1 aliphatic heterocycles. The van der Waals surface area contributed by atoms with E-state index in [1.54, 1.807) is 6.07 Å². The minimum Gasteiger partial charge on any atom is -0.351 e. The van der Waals surface area contributed by atoms with Crippen LogP contribution >= 0.6 is 0 Å². The molecule has 0 bridgehead atoms. The van der Waals surface area contributed by atoms with E-state index in [4.69, 9.17) is 0 Å². The van der Waals surface area contributed by atoms with Crippen molar-refractivity contribution in [1.82, 2.24) is 0 Å². The third-order valence-electron chi connectivity index (χ3n) is 4.61. The molecule has 0 saturated heterocycles. The molecule has 0 spiro atoms. The van der Waals surface area contributed by atoms with Crippen LogP contribution in [-0.4, -0.2) is 11.8 Å². The van der Waals surface area contributed by atoms with Crippen LogP contribution in [0.3, 0.4) is 0 Å². The minimum atomic E-state index is -0.324. The van der Waals surface area contributed by atoms with Gasteiger partial charge in [-0.15, -0.1) is 0 Å². The summed E-state index contributed by atoms with van der Waals surface area (Å²) >= 11 is 0. The van der Waals surface area contributed by atoms with Crippen molar-refractivity contribution in [3.8, 4) is 0 Å². The van der Waals surface area contributed by atoms with Crippen LogP contribution in [0.5, 0.6) is 0 Å². The van der Waals surface area contributed by atoms with Crippen LogP contribution in [0.4, 0.5) is 11.4 Å². The van der Waals surface area contributed by atoms with Crippen LogP contribution in [0.2, 0.25) is 0 Å². The van der Waals surface area contributed by atoms with Crippen molar-refractivity contribution in [2.24, 2.45) is 0 Å². The predicted octanol–water partition coefficient (Wildman–Crippen LogP) is 3.79. The highest BCUT2D eigenvalue weighted by Gasteiger charge is 2.33. The monoisotopic (exact) mass is 320 g/mol. The summed E-state index contributed by atoms with van der Waals surface area (Å²) in [4.78, 5) is 26.4. The van der Waals surface area contributed by atoms with Gasteiger partial charge in [0, 0.05) is 11.8 Å². The third kappa shape index (κ3) is 2.60. The van der Waals surface area contributed by atoms with Crippen LogP contribution in [0.15, 0.2) is 48.2 Å². The van der Waals surface area contributed by atoms with Gasteiger partial charge in [-0.3, -0.25) is 9.59 Å². The van der Waals surface area contributed by atoms with Crippen LogP contribution in [0.25, 0.3) is 0 Å². The van der Waals surface area contributed by atoms with E-state index in [-0.39, 0.29) is 11.8 Å². The van der Waals surface area contributed by atoms with Crippen LogP contribution < -0.4 is 10.2 Å². The summed E-state index contributed by atoms with van der Waals surface area (Å²) < 4.78 is 0. The predicted molar refractivity (Wildman–Crippen MR) is 96.0 cm³/mol. The van der Waals surface area contributed by atoms with Gasteiger partial charge in [-0.25, -0.2) is 4.90 Å². The molecule has 2 aromatic rings. The average molecular weight is 320 g/mol. The third-order valence-corrected chi connectivity index (χ3v) is 4.61. The van der Waals surface area contributed by atoms with E-state index in [1.165, 1.54) is 11.0 Å². The number of rotatable bonds is 3. The lowest BCUT2D eigenvalue weighted by Crippen LogP contribution is -2.32. The van der Waals surface area contributed by atoms with Gasteiger partial charge >= 0.3 is 0 Å². The Morgan fingerprint density at radius 1 is 0.833 bits per heavy atom. The van der Waals surface area contributed by atoms with Gasteiger partial charge in [0.15, 0.2) is 0 Å². The lowest BCUT2D eigenvalue weighted by Gasteiger charge is -2.19. The lowest BCUT2D eigenvalue weighted by atomic mass is 10.1. The number of amides is 2. The van der Waals surface area contributed by atoms with Gasteiger partial charge in [-0.05, 0) is 62.1 Å². The Morgan fingerprint density at radius 3 is 2.17 bits per heavy atom. The van der Waals surface area contributed by atoms with E-state index in [2.05, 4.69) is 5.32 Å². The second-order valence-electron chi connectivity index (χ2n) is 6.13. The Morgan fingerprint density at radius 2 is 1.46 bits per heavy atom. The maximum atomic E-state index is 12.8. The number of carbonyl (C=O) groups is 2. The van der Waals surface area contributed by atoms with Crippen LogP contribution in [-0.2, 0) is 9.59 Å². The number of nitrogens with one attached hydrogen (secondary N) is 1. The molecule has 0 unspecified atom stereocenters. The largest absolute Gasteiger partial charge is 0.351 e. The molecule has 2 aromatic carbocycles. The molecule has 122 valence electrons. The van der Waals surface area contributed by atoms with E-state index < -0.39 is 0 Å². The molecule has 1 N–H and O–H groups in total. The molecule has 1 heterocycles. The standard InChI is InChI=1S/C20H20N2O2/c1-12-7-5-9-16(14(12)3)21-17-11-19(23)22(20(17)24)18-10-6-8-13(2)15(18)4/h5-11,21H,1-4H3. The first-order valence-electron chi connectivity index (χ1n) is 7.89. The second kappa shape index (κ2) is 5.96. The summed E-state index contributed by atoms with van der Waals surface area (Å²) in [5, 5.41) is 3.11. The Hall–Kier alpha value is -2.88. The molecular formula is C20H20N2O2. The van der Waals surface area contributed by atoms with Crippen LogP contribution in [0.1, 0.15) is 22.3 Å². The molecular weight excluding hydrogens is 300 g/mol. The minimum absolute atomic E-state index is 0.301. The summed E-state index contributed by atoms with van der Waals surface area (Å²) in [5.74, 6) is -0.642. The first-order valence-corrected chi connectivity index (χ1v) is 7.89. The molecule has 0 atom stereocenters. The van der Waals surface area contributed by atoms with E-state index >= 15 is 0 Å². The zero-order valence-corrected chi connectivity index (χ0v) is 14.3. The topological polar surface area (TPSA) is 49.4 Å². The Labute approximate surface area is 141 Å². The first-order chi connectivity index (χ1) is 11.4. The van der Waals surface area contributed by atoms with E-state index in [0.29, 0.717) is 11.4 Å². The smallest absolute Gasteiger partial charge is 0.281 e. The number of benzene rings is 2. The van der Waals surface area contributed by atoms with Gasteiger partial charge in [0.1, 0.15) is 5.70 Å². The van der Waals surface area contributed by atoms with Crippen molar-refractivity contribution in [2.75, 3.05) is 10.2 Å². The summed E-state index contributed by atoms with van der Waals surface area (Å²) in [7, 11) is 0. The fraction of sp³-hybridized carbons (Fsp3) is 0.200. The van der Waals surface area contributed by atoms with E-state index in [0.717, 1.165) is 27.9 Å². The molecule has 0 radical (unpaired) electrons. The molecule has 3 rings (SSSR count). The Balaban J connectivity index is 1.92. The van der Waals surface area contributed by atoms with E-state index in [9.17, 15) is 9.59 Å². The zero-order chi connectivity index (χ0) is 17.4. The second-order valence-corrected chi connectivity index (χ2v) is 6.13. The van der Waals surface area contributed by atoms with Crippen molar-refractivity contribution in [3.05, 3.63) is 70.4 Å². The van der Waals surface area contributed by atoms with Crippen molar-refractivity contribution in [2.45, 2.75) is 27.7 Å². The molecule has 24 heavy (non-hydrogen) atoms. The number of imide groups is 1. The van der Waals surface area contributed by atoms with E-state index in [1.807, 2.05) is 58.0 Å². The summed E-state index contributed by atoms with van der Waals surface area (Å²) in [6.45, 7) is 7.88. The van der Waals surface area contributed by atoms with Gasteiger partial charge in [0.2, 0.25) is 0 Å². The highest BCUT2D eigenvalue weighted by Crippen LogP contribution is 2.29. The average Bonchev–Trinajstić information content (AvgIpc) is 2.81. The van der Waals surface area contributed by atoms with Crippen molar-refractivity contribution >= 4 is 23.2 Å². The normalized spacial score (nSPS) is 14.2. The first kappa shape index (κ1) is 16.0. The quantitative estimate of drug-likeness (QED) is 0.875. The Kier molecular flexibility index (Phi) is 3.97. The number of carbonyl (C=O) groups excluding carboxylic acids is 2. The molecule has 4 heteroatoms. The highest BCUT2D eigenvalue weighted by molar-refractivity contribution is 6.31. The van der Waals surface area contributed by atoms with Gasteiger partial charge in [-0.1, -0.05) is 24.3 Å². The molecule has 0 saturated carbocycles. The molecule has 4 nitrogen and oxygen atoms in total. The summed E-state index contributed by atoms with van der Waals surface area (Å²) in [6, 6.07) is 11.5. The van der Waals surface area contributed by atoms with Crippen LogP contribution in [0, 0.1) is 27.7 Å². The number of anilines is 2. The molecule has 0 aromatic heterocycles. The molecule has 0 aliphatic carbocycles. The maximum absolute atomic E-state index is 12.8. The fourth-order valence-electron chi connectivity index (χ4n) is 2.80.